The van der Waals surface area contributed by atoms with Crippen LogP contribution in [0.2, 0.25) is 0 Å². The third kappa shape index (κ3) is 3.96. The van der Waals surface area contributed by atoms with Crippen LogP contribution >= 0.6 is 0 Å². The lowest BCUT2D eigenvalue weighted by atomic mass is 10.3. The lowest BCUT2D eigenvalue weighted by Gasteiger charge is -2.03. The summed E-state index contributed by atoms with van der Waals surface area (Å²) < 4.78 is 22.3. The minimum absolute atomic E-state index is 0.272. The summed E-state index contributed by atoms with van der Waals surface area (Å²) in [7, 11) is -2.76. The zero-order valence-electron chi connectivity index (χ0n) is 9.12. The van der Waals surface area contributed by atoms with Crippen LogP contribution in [0.5, 0.6) is 0 Å². The average Bonchev–Trinajstić information content (AvgIpc) is 2.91. The minimum Gasteiger partial charge on any atom is -0.314 e. The van der Waals surface area contributed by atoms with Gasteiger partial charge < -0.3 is 5.32 Å². The molecule has 1 saturated carbocycles. The molecule has 0 heterocycles. The zero-order valence-corrected chi connectivity index (χ0v) is 9.94. The van der Waals surface area contributed by atoms with E-state index >= 15 is 0 Å². The summed E-state index contributed by atoms with van der Waals surface area (Å²) in [6.45, 7) is 4.76. The molecule has 1 fully saturated rings. The van der Waals surface area contributed by atoms with Gasteiger partial charge in [-0.25, -0.2) is 8.42 Å². The summed E-state index contributed by atoms with van der Waals surface area (Å²) in [5.74, 6) is 1.45. The van der Waals surface area contributed by atoms with Gasteiger partial charge in [0, 0.05) is 11.8 Å². The maximum absolute atomic E-state index is 11.2. The standard InChI is InChI=1S/C10H21NO2S/c1-3-9-8-10(9)11-6-5-7-14(12,13)4-2/h9-11H,3-8H2,1-2H3. The maximum Gasteiger partial charge on any atom is 0.150 e. The molecule has 0 aliphatic heterocycles. The number of rotatable bonds is 7. The van der Waals surface area contributed by atoms with Gasteiger partial charge in [-0.05, 0) is 25.3 Å². The predicted octanol–water partition coefficient (Wildman–Crippen LogP) is 1.20. The highest BCUT2D eigenvalue weighted by Crippen LogP contribution is 2.32. The highest BCUT2D eigenvalue weighted by molar-refractivity contribution is 7.91. The van der Waals surface area contributed by atoms with Gasteiger partial charge in [0.15, 0.2) is 0 Å². The molecule has 2 atom stereocenters. The van der Waals surface area contributed by atoms with E-state index in [1.54, 1.807) is 6.92 Å². The Morgan fingerprint density at radius 3 is 2.57 bits per heavy atom. The van der Waals surface area contributed by atoms with Crippen LogP contribution in [0.4, 0.5) is 0 Å². The van der Waals surface area contributed by atoms with E-state index in [0.29, 0.717) is 11.8 Å². The molecule has 0 bridgehead atoms. The van der Waals surface area contributed by atoms with Crippen molar-refractivity contribution in [2.45, 2.75) is 39.2 Å². The van der Waals surface area contributed by atoms with Gasteiger partial charge >= 0.3 is 0 Å². The molecule has 3 nitrogen and oxygen atoms in total. The van der Waals surface area contributed by atoms with Gasteiger partial charge in [-0.2, -0.15) is 0 Å². The van der Waals surface area contributed by atoms with Crippen LogP contribution < -0.4 is 5.32 Å². The number of hydrogen-bond acceptors (Lipinski definition) is 3. The lowest BCUT2D eigenvalue weighted by molar-refractivity contribution is 0.583. The number of hydrogen-bond donors (Lipinski definition) is 1. The monoisotopic (exact) mass is 219 g/mol. The molecule has 0 spiro atoms. The first-order chi connectivity index (χ1) is 6.59. The van der Waals surface area contributed by atoms with Gasteiger partial charge in [-0.1, -0.05) is 20.3 Å². The van der Waals surface area contributed by atoms with Crippen molar-refractivity contribution in [3.63, 3.8) is 0 Å². The fourth-order valence-electron chi connectivity index (χ4n) is 1.67. The topological polar surface area (TPSA) is 46.2 Å². The predicted molar refractivity (Wildman–Crippen MR) is 59.1 cm³/mol. The SMILES string of the molecule is CCC1CC1NCCCS(=O)(=O)CC. The second-order valence-corrected chi connectivity index (χ2v) is 6.53. The summed E-state index contributed by atoms with van der Waals surface area (Å²) >= 11 is 0. The third-order valence-electron chi connectivity index (χ3n) is 2.93. The molecule has 0 saturated heterocycles. The van der Waals surface area contributed by atoms with Crippen molar-refractivity contribution in [1.82, 2.24) is 5.32 Å². The molecule has 0 radical (unpaired) electrons. The van der Waals surface area contributed by atoms with Crippen molar-refractivity contribution in [2.24, 2.45) is 5.92 Å². The smallest absolute Gasteiger partial charge is 0.150 e. The van der Waals surface area contributed by atoms with E-state index in [1.165, 1.54) is 12.8 Å². The van der Waals surface area contributed by atoms with Crippen LogP contribution in [0.25, 0.3) is 0 Å². The highest BCUT2D eigenvalue weighted by atomic mass is 32.2. The molecule has 2 unspecified atom stereocenters. The van der Waals surface area contributed by atoms with Crippen LogP contribution in [0.3, 0.4) is 0 Å². The van der Waals surface area contributed by atoms with E-state index in [0.717, 1.165) is 18.9 Å². The second-order valence-electron chi connectivity index (χ2n) is 4.05. The van der Waals surface area contributed by atoms with Crippen molar-refractivity contribution < 1.29 is 8.42 Å². The van der Waals surface area contributed by atoms with Crippen LogP contribution in [-0.4, -0.2) is 32.5 Å². The van der Waals surface area contributed by atoms with Crippen molar-refractivity contribution in [1.29, 1.82) is 0 Å². The van der Waals surface area contributed by atoms with Gasteiger partial charge in [0.1, 0.15) is 9.84 Å². The van der Waals surface area contributed by atoms with Gasteiger partial charge in [-0.3, -0.25) is 0 Å². The van der Waals surface area contributed by atoms with Gasteiger partial charge in [0.2, 0.25) is 0 Å². The molecule has 0 aromatic rings. The van der Waals surface area contributed by atoms with Crippen molar-refractivity contribution >= 4 is 9.84 Å². The number of sulfone groups is 1. The molecule has 0 aromatic carbocycles. The molecule has 0 amide bonds. The Labute approximate surface area is 87.2 Å². The van der Waals surface area contributed by atoms with E-state index in [-0.39, 0.29) is 5.75 Å². The molecule has 84 valence electrons. The Balaban J connectivity index is 2.01. The fourth-order valence-corrected chi connectivity index (χ4v) is 2.55. The van der Waals surface area contributed by atoms with Crippen LogP contribution in [-0.2, 0) is 9.84 Å². The fraction of sp³-hybridized carbons (Fsp3) is 1.00. The lowest BCUT2D eigenvalue weighted by Crippen LogP contribution is -2.22. The third-order valence-corrected chi connectivity index (χ3v) is 4.72. The van der Waals surface area contributed by atoms with Gasteiger partial charge in [-0.15, -0.1) is 0 Å². The molecule has 1 aliphatic carbocycles. The molecular formula is C10H21NO2S. The molecular weight excluding hydrogens is 198 g/mol. The summed E-state index contributed by atoms with van der Waals surface area (Å²) in [4.78, 5) is 0. The second kappa shape index (κ2) is 5.12. The van der Waals surface area contributed by atoms with Crippen LogP contribution in [0, 0.1) is 5.92 Å². The molecule has 1 aliphatic rings. The van der Waals surface area contributed by atoms with E-state index < -0.39 is 9.84 Å². The summed E-state index contributed by atoms with van der Waals surface area (Å²) in [5, 5.41) is 3.39. The summed E-state index contributed by atoms with van der Waals surface area (Å²) in [6, 6.07) is 0.671. The van der Waals surface area contributed by atoms with E-state index in [2.05, 4.69) is 12.2 Å². The Morgan fingerprint density at radius 2 is 2.07 bits per heavy atom. The first kappa shape index (κ1) is 12.0. The first-order valence-corrected chi connectivity index (χ1v) is 7.35. The minimum atomic E-state index is -2.76. The average molecular weight is 219 g/mol. The van der Waals surface area contributed by atoms with E-state index in [4.69, 9.17) is 0 Å². The first-order valence-electron chi connectivity index (χ1n) is 5.53. The van der Waals surface area contributed by atoms with Crippen LogP contribution in [0.1, 0.15) is 33.1 Å². The van der Waals surface area contributed by atoms with E-state index in [9.17, 15) is 8.42 Å². The summed E-state index contributed by atoms with van der Waals surface area (Å²) in [5.41, 5.74) is 0. The summed E-state index contributed by atoms with van der Waals surface area (Å²) in [6.07, 6.45) is 3.27. The largest absolute Gasteiger partial charge is 0.314 e. The maximum atomic E-state index is 11.2. The Morgan fingerprint density at radius 1 is 1.36 bits per heavy atom. The molecule has 1 rings (SSSR count). The quantitative estimate of drug-likeness (QED) is 0.654. The van der Waals surface area contributed by atoms with Crippen LogP contribution in [0.15, 0.2) is 0 Å². The van der Waals surface area contributed by atoms with Gasteiger partial charge in [0.25, 0.3) is 0 Å². The normalized spacial score (nSPS) is 26.4. The number of nitrogens with one attached hydrogen (secondary N) is 1. The van der Waals surface area contributed by atoms with Crippen molar-refractivity contribution in [3.05, 3.63) is 0 Å². The van der Waals surface area contributed by atoms with Crippen molar-refractivity contribution in [3.8, 4) is 0 Å². The van der Waals surface area contributed by atoms with E-state index in [1.807, 2.05) is 0 Å². The Hall–Kier alpha value is -0.0900. The molecule has 0 aromatic heterocycles. The Bertz CT molecular complexity index is 261. The van der Waals surface area contributed by atoms with Crippen molar-refractivity contribution in [2.75, 3.05) is 18.1 Å². The molecule has 1 N–H and O–H groups in total. The molecule has 4 heteroatoms. The highest BCUT2D eigenvalue weighted by Gasteiger charge is 2.34. The molecule has 14 heavy (non-hydrogen) atoms. The zero-order chi connectivity index (χ0) is 10.6. The Kier molecular flexibility index (Phi) is 4.38. The van der Waals surface area contributed by atoms with Gasteiger partial charge in [0.05, 0.1) is 5.75 Å².